The van der Waals surface area contributed by atoms with Gasteiger partial charge in [-0.2, -0.15) is 0 Å². The number of hydrogen-bond acceptors (Lipinski definition) is 4. The van der Waals surface area contributed by atoms with E-state index in [9.17, 15) is 9.90 Å². The first kappa shape index (κ1) is 12.3. The Kier molecular flexibility index (Phi) is 3.45. The van der Waals surface area contributed by atoms with Crippen molar-refractivity contribution in [2.45, 2.75) is 6.04 Å². The fraction of sp³-hybridized carbons (Fsp3) is 0.154. The molecule has 5 N–H and O–H groups in total. The van der Waals surface area contributed by atoms with Crippen LogP contribution < -0.4 is 11.1 Å². The van der Waals surface area contributed by atoms with Gasteiger partial charge < -0.3 is 21.3 Å². The lowest BCUT2D eigenvalue weighted by Gasteiger charge is -2.12. The summed E-state index contributed by atoms with van der Waals surface area (Å²) in [5.41, 5.74) is 5.98. The van der Waals surface area contributed by atoms with Crippen molar-refractivity contribution in [3.63, 3.8) is 0 Å². The van der Waals surface area contributed by atoms with E-state index in [0.717, 1.165) is 5.39 Å². The van der Waals surface area contributed by atoms with Gasteiger partial charge in [0.15, 0.2) is 0 Å². The van der Waals surface area contributed by atoms with Crippen molar-refractivity contribution in [2.75, 3.05) is 11.9 Å². The summed E-state index contributed by atoms with van der Waals surface area (Å²) in [5, 5.41) is 22.5. The minimum absolute atomic E-state index is 0.148. The molecule has 1 amide bonds. The number of phenols is 1. The Labute approximate surface area is 104 Å². The maximum atomic E-state index is 11.6. The summed E-state index contributed by atoms with van der Waals surface area (Å²) in [6.07, 6.45) is 0. The highest BCUT2D eigenvalue weighted by Crippen LogP contribution is 2.30. The summed E-state index contributed by atoms with van der Waals surface area (Å²) in [4.78, 5) is 11.6. The summed E-state index contributed by atoms with van der Waals surface area (Å²) >= 11 is 0. The summed E-state index contributed by atoms with van der Waals surface area (Å²) in [7, 11) is 0. The summed E-state index contributed by atoms with van der Waals surface area (Å²) < 4.78 is 0. The van der Waals surface area contributed by atoms with E-state index in [4.69, 9.17) is 10.8 Å². The Bertz CT molecular complexity index is 583. The maximum absolute atomic E-state index is 11.6. The van der Waals surface area contributed by atoms with E-state index in [2.05, 4.69) is 5.32 Å². The quantitative estimate of drug-likeness (QED) is 0.602. The van der Waals surface area contributed by atoms with Gasteiger partial charge in [-0.1, -0.05) is 24.3 Å². The number of rotatable bonds is 3. The minimum Gasteiger partial charge on any atom is -0.507 e. The highest BCUT2D eigenvalue weighted by molar-refractivity contribution is 6.05. The Balaban J connectivity index is 2.40. The second kappa shape index (κ2) is 5.03. The number of nitrogens with one attached hydrogen (secondary N) is 1. The predicted octanol–water partition coefficient (Wildman–Crippen LogP) is 0.804. The van der Waals surface area contributed by atoms with Crippen LogP contribution in [0.5, 0.6) is 5.75 Å². The van der Waals surface area contributed by atoms with Crippen LogP contribution in [0.1, 0.15) is 0 Å². The third-order valence-corrected chi connectivity index (χ3v) is 2.69. The molecule has 5 heteroatoms. The van der Waals surface area contributed by atoms with Crippen molar-refractivity contribution in [3.8, 4) is 5.75 Å². The standard InChI is InChI=1S/C13H14N2O3/c14-10(7-16)13(18)15-11-5-6-12(17)9-4-2-1-3-8(9)11/h1-6,10,16-17H,7,14H2,(H,15,18)/t10-/m0/s1. The molecule has 0 aromatic heterocycles. The number of amides is 1. The van der Waals surface area contributed by atoms with E-state index in [0.29, 0.717) is 11.1 Å². The molecule has 2 aromatic carbocycles. The van der Waals surface area contributed by atoms with Gasteiger partial charge in [0.25, 0.3) is 0 Å². The zero-order valence-electron chi connectivity index (χ0n) is 9.63. The molecule has 0 bridgehead atoms. The number of anilines is 1. The lowest BCUT2D eigenvalue weighted by Crippen LogP contribution is -2.38. The largest absolute Gasteiger partial charge is 0.507 e. The summed E-state index contributed by atoms with van der Waals surface area (Å²) in [6, 6.07) is 9.29. The first-order valence-electron chi connectivity index (χ1n) is 5.51. The second-order valence-electron chi connectivity index (χ2n) is 3.96. The second-order valence-corrected chi connectivity index (χ2v) is 3.96. The van der Waals surface area contributed by atoms with Crippen molar-refractivity contribution in [2.24, 2.45) is 5.73 Å². The number of benzene rings is 2. The molecular formula is C13H14N2O3. The van der Waals surface area contributed by atoms with E-state index in [1.807, 2.05) is 6.07 Å². The molecule has 0 aliphatic rings. The van der Waals surface area contributed by atoms with Gasteiger partial charge in [-0.05, 0) is 12.1 Å². The molecule has 0 spiro atoms. The van der Waals surface area contributed by atoms with Crippen molar-refractivity contribution in [1.29, 1.82) is 0 Å². The highest BCUT2D eigenvalue weighted by atomic mass is 16.3. The van der Waals surface area contributed by atoms with Crippen molar-refractivity contribution >= 4 is 22.4 Å². The Hall–Kier alpha value is -2.11. The van der Waals surface area contributed by atoms with Crippen LogP contribution in [0, 0.1) is 0 Å². The molecule has 5 nitrogen and oxygen atoms in total. The molecule has 2 aromatic rings. The van der Waals surface area contributed by atoms with Crippen LogP contribution in [-0.2, 0) is 4.79 Å². The van der Waals surface area contributed by atoms with Crippen molar-refractivity contribution in [1.82, 2.24) is 0 Å². The van der Waals surface area contributed by atoms with Crippen molar-refractivity contribution in [3.05, 3.63) is 36.4 Å². The van der Waals surface area contributed by atoms with E-state index < -0.39 is 18.6 Å². The van der Waals surface area contributed by atoms with Gasteiger partial charge in [0.2, 0.25) is 5.91 Å². The van der Waals surface area contributed by atoms with Crippen LogP contribution in [0.25, 0.3) is 10.8 Å². The lowest BCUT2D eigenvalue weighted by atomic mass is 10.1. The fourth-order valence-corrected chi connectivity index (χ4v) is 1.70. The number of aliphatic hydroxyl groups is 1. The van der Waals surface area contributed by atoms with E-state index in [-0.39, 0.29) is 5.75 Å². The van der Waals surface area contributed by atoms with Gasteiger partial charge in [0.1, 0.15) is 11.8 Å². The van der Waals surface area contributed by atoms with Crippen LogP contribution in [0.2, 0.25) is 0 Å². The Morgan fingerprint density at radius 2 is 1.89 bits per heavy atom. The first-order chi connectivity index (χ1) is 8.63. The molecule has 0 aliphatic carbocycles. The molecule has 18 heavy (non-hydrogen) atoms. The van der Waals surface area contributed by atoms with E-state index >= 15 is 0 Å². The van der Waals surface area contributed by atoms with Gasteiger partial charge in [-0.25, -0.2) is 0 Å². The van der Waals surface area contributed by atoms with E-state index in [1.165, 1.54) is 6.07 Å². The van der Waals surface area contributed by atoms with E-state index in [1.54, 1.807) is 24.3 Å². The molecule has 0 radical (unpaired) electrons. The number of carbonyl (C=O) groups excluding carboxylic acids is 1. The van der Waals surface area contributed by atoms with Gasteiger partial charge >= 0.3 is 0 Å². The molecule has 0 aliphatic heterocycles. The molecule has 0 heterocycles. The normalized spacial score (nSPS) is 12.3. The number of aliphatic hydroxyl groups excluding tert-OH is 1. The zero-order valence-corrected chi connectivity index (χ0v) is 9.63. The van der Waals surface area contributed by atoms with Crippen LogP contribution in [-0.4, -0.2) is 28.8 Å². The number of aromatic hydroxyl groups is 1. The van der Waals surface area contributed by atoms with Gasteiger partial charge in [-0.3, -0.25) is 4.79 Å². The van der Waals surface area contributed by atoms with Crippen LogP contribution >= 0.6 is 0 Å². The van der Waals surface area contributed by atoms with Gasteiger partial charge in [-0.15, -0.1) is 0 Å². The molecule has 1 atom stereocenters. The molecule has 94 valence electrons. The molecular weight excluding hydrogens is 232 g/mol. The highest BCUT2D eigenvalue weighted by Gasteiger charge is 2.13. The molecule has 2 rings (SSSR count). The third kappa shape index (κ3) is 2.27. The number of phenolic OH excluding ortho intramolecular Hbond substituents is 1. The van der Waals surface area contributed by atoms with Crippen molar-refractivity contribution < 1.29 is 15.0 Å². The van der Waals surface area contributed by atoms with Gasteiger partial charge in [0, 0.05) is 16.5 Å². The fourth-order valence-electron chi connectivity index (χ4n) is 1.70. The Morgan fingerprint density at radius 3 is 2.56 bits per heavy atom. The summed E-state index contributed by atoms with van der Waals surface area (Å²) in [5.74, 6) is -0.316. The summed E-state index contributed by atoms with van der Waals surface area (Å²) in [6.45, 7) is -0.415. The first-order valence-corrected chi connectivity index (χ1v) is 5.51. The predicted molar refractivity (Wildman–Crippen MR) is 69.3 cm³/mol. The number of nitrogens with two attached hydrogens (primary N) is 1. The van der Waals surface area contributed by atoms with Crippen LogP contribution in [0.3, 0.4) is 0 Å². The maximum Gasteiger partial charge on any atom is 0.243 e. The minimum atomic E-state index is -0.961. The third-order valence-electron chi connectivity index (χ3n) is 2.69. The van der Waals surface area contributed by atoms with Crippen LogP contribution in [0.15, 0.2) is 36.4 Å². The monoisotopic (exact) mass is 246 g/mol. The molecule has 0 saturated carbocycles. The SMILES string of the molecule is N[C@@H](CO)C(=O)Nc1ccc(O)c2ccccc12. The average molecular weight is 246 g/mol. The zero-order chi connectivity index (χ0) is 13.1. The van der Waals surface area contributed by atoms with Gasteiger partial charge in [0.05, 0.1) is 6.61 Å². The lowest BCUT2D eigenvalue weighted by molar-refractivity contribution is -0.118. The van der Waals surface area contributed by atoms with Crippen LogP contribution in [0.4, 0.5) is 5.69 Å². The molecule has 0 fully saturated rings. The average Bonchev–Trinajstić information content (AvgIpc) is 2.41. The molecule has 0 saturated heterocycles. The smallest absolute Gasteiger partial charge is 0.243 e. The number of hydrogen-bond donors (Lipinski definition) is 4. The Morgan fingerprint density at radius 1 is 1.22 bits per heavy atom. The number of fused-ring (bicyclic) bond motifs is 1. The topological polar surface area (TPSA) is 95.6 Å². The number of carbonyl (C=O) groups is 1. The molecule has 0 unspecified atom stereocenters.